The number of rotatable bonds is 7. The maximum absolute atomic E-state index is 12.9. The highest BCUT2D eigenvalue weighted by Gasteiger charge is 2.39. The molecule has 0 spiro atoms. The number of carbonyl (C=O) groups excluding carboxylic acids is 2. The molecule has 0 unspecified atom stereocenters. The summed E-state index contributed by atoms with van der Waals surface area (Å²) in [5.41, 5.74) is 1.08. The minimum absolute atomic E-state index is 0. The van der Waals surface area contributed by atoms with E-state index in [-0.39, 0.29) is 24.9 Å². The van der Waals surface area contributed by atoms with E-state index in [2.05, 4.69) is 15.4 Å². The Labute approximate surface area is 160 Å². The Morgan fingerprint density at radius 1 is 1.23 bits per heavy atom. The molecule has 1 aliphatic rings. The largest absolute Gasteiger partial charge is 0.482 e. The minimum Gasteiger partial charge on any atom is -0.482 e. The van der Waals surface area contributed by atoms with Gasteiger partial charge in [-0.2, -0.15) is 0 Å². The van der Waals surface area contributed by atoms with E-state index in [1.165, 1.54) is 7.11 Å². The number of carbonyl (C=O) groups is 2. The maximum atomic E-state index is 12.9. The van der Waals surface area contributed by atoms with Gasteiger partial charge in [-0.15, -0.1) is 12.4 Å². The Morgan fingerprint density at radius 3 is 2.50 bits per heavy atom. The molecule has 0 bridgehead atoms. The van der Waals surface area contributed by atoms with E-state index in [0.29, 0.717) is 12.4 Å². The Bertz CT molecular complexity index is 612. The molecule has 1 aliphatic heterocycles. The quantitative estimate of drug-likeness (QED) is 0.696. The predicted molar refractivity (Wildman–Crippen MR) is 101 cm³/mol. The van der Waals surface area contributed by atoms with E-state index < -0.39 is 11.4 Å². The molecule has 0 saturated carbocycles. The Hall–Kier alpha value is -1.83. The number of amides is 1. The lowest BCUT2D eigenvalue weighted by Crippen LogP contribution is -2.47. The van der Waals surface area contributed by atoms with Gasteiger partial charge in [-0.05, 0) is 56.6 Å². The third-order valence-electron chi connectivity index (χ3n) is 4.49. The van der Waals surface area contributed by atoms with Gasteiger partial charge < -0.3 is 24.8 Å². The molecular weight excluding hydrogens is 360 g/mol. The molecule has 1 aromatic rings. The van der Waals surface area contributed by atoms with Crippen LogP contribution >= 0.6 is 12.4 Å². The van der Waals surface area contributed by atoms with Crippen molar-refractivity contribution in [1.82, 2.24) is 5.32 Å². The van der Waals surface area contributed by atoms with Gasteiger partial charge >= 0.3 is 5.97 Å². The fraction of sp³-hybridized carbons (Fsp3) is 0.556. The second-order valence-corrected chi connectivity index (χ2v) is 6.26. The van der Waals surface area contributed by atoms with E-state index in [1.54, 1.807) is 25.3 Å². The first-order valence-electron chi connectivity index (χ1n) is 8.32. The van der Waals surface area contributed by atoms with Crippen molar-refractivity contribution < 1.29 is 23.8 Å². The number of esters is 1. The number of hydrogen-bond donors (Lipinski definition) is 2. The van der Waals surface area contributed by atoms with Crippen molar-refractivity contribution in [3.05, 3.63) is 23.8 Å². The molecule has 7 nitrogen and oxygen atoms in total. The highest BCUT2D eigenvalue weighted by molar-refractivity contribution is 5.96. The molecule has 1 fully saturated rings. The third kappa shape index (κ3) is 5.59. The molecular formula is C18H27ClN2O5. The number of halogens is 1. The van der Waals surface area contributed by atoms with Gasteiger partial charge in [0.25, 0.3) is 0 Å². The van der Waals surface area contributed by atoms with Gasteiger partial charge in [0.2, 0.25) is 5.91 Å². The second-order valence-electron chi connectivity index (χ2n) is 6.26. The molecule has 2 N–H and O–H groups in total. The van der Waals surface area contributed by atoms with Crippen LogP contribution in [-0.4, -0.2) is 52.4 Å². The van der Waals surface area contributed by atoms with Gasteiger partial charge in [-0.1, -0.05) is 0 Å². The number of aryl methyl sites for hydroxylation is 1. The van der Waals surface area contributed by atoms with Gasteiger partial charge in [0, 0.05) is 12.8 Å². The van der Waals surface area contributed by atoms with Crippen LogP contribution in [0.4, 0.5) is 5.69 Å². The highest BCUT2D eigenvalue weighted by Crippen LogP contribution is 2.32. The lowest BCUT2D eigenvalue weighted by molar-refractivity contribution is -0.142. The molecule has 1 heterocycles. The van der Waals surface area contributed by atoms with Gasteiger partial charge in [0.05, 0.1) is 19.1 Å². The molecule has 146 valence electrons. The van der Waals surface area contributed by atoms with Crippen LogP contribution in [0.5, 0.6) is 5.75 Å². The summed E-state index contributed by atoms with van der Waals surface area (Å²) in [6.45, 7) is 3.74. The molecule has 1 aromatic carbocycles. The molecule has 1 saturated heterocycles. The van der Waals surface area contributed by atoms with E-state index >= 15 is 0 Å². The minimum atomic E-state index is -0.507. The average molecular weight is 387 g/mol. The van der Waals surface area contributed by atoms with Gasteiger partial charge in [-0.3, -0.25) is 4.79 Å². The monoisotopic (exact) mass is 386 g/mol. The molecule has 0 radical (unpaired) electrons. The summed E-state index contributed by atoms with van der Waals surface area (Å²) in [7, 11) is 2.93. The number of benzene rings is 1. The fourth-order valence-corrected chi connectivity index (χ4v) is 2.94. The van der Waals surface area contributed by atoms with E-state index in [9.17, 15) is 9.59 Å². The van der Waals surface area contributed by atoms with E-state index in [0.717, 1.165) is 37.2 Å². The Balaban J connectivity index is 0.00000338. The molecule has 26 heavy (non-hydrogen) atoms. The number of hydrogen-bond acceptors (Lipinski definition) is 6. The second kappa shape index (κ2) is 10.4. The van der Waals surface area contributed by atoms with E-state index in [4.69, 9.17) is 9.47 Å². The smallest absolute Gasteiger partial charge is 0.343 e. The van der Waals surface area contributed by atoms with Crippen LogP contribution in [0, 0.1) is 12.3 Å². The van der Waals surface area contributed by atoms with E-state index in [1.807, 2.05) is 6.92 Å². The first-order valence-corrected chi connectivity index (χ1v) is 8.32. The third-order valence-corrected chi connectivity index (χ3v) is 4.49. The van der Waals surface area contributed by atoms with Crippen molar-refractivity contribution in [1.29, 1.82) is 0 Å². The van der Waals surface area contributed by atoms with Gasteiger partial charge in [-0.25, -0.2) is 4.79 Å². The van der Waals surface area contributed by atoms with Gasteiger partial charge in [0.15, 0.2) is 6.61 Å². The van der Waals surface area contributed by atoms with Crippen LogP contribution in [-0.2, 0) is 19.1 Å². The summed E-state index contributed by atoms with van der Waals surface area (Å²) in [4.78, 5) is 24.0. The average Bonchev–Trinajstić information content (AvgIpc) is 2.62. The zero-order valence-electron chi connectivity index (χ0n) is 15.4. The van der Waals surface area contributed by atoms with Crippen molar-refractivity contribution in [3.63, 3.8) is 0 Å². The number of nitrogens with one attached hydrogen (secondary N) is 2. The summed E-state index contributed by atoms with van der Waals surface area (Å²) in [5, 5.41) is 6.29. The first kappa shape index (κ1) is 22.2. The van der Waals surface area contributed by atoms with Crippen molar-refractivity contribution in [3.8, 4) is 5.75 Å². The van der Waals surface area contributed by atoms with Crippen LogP contribution in [0.15, 0.2) is 18.2 Å². The summed E-state index contributed by atoms with van der Waals surface area (Å²) in [6.07, 6.45) is 1.48. The van der Waals surface area contributed by atoms with Gasteiger partial charge in [0.1, 0.15) is 5.75 Å². The van der Waals surface area contributed by atoms with Crippen molar-refractivity contribution in [2.45, 2.75) is 19.8 Å². The van der Waals surface area contributed by atoms with Crippen LogP contribution in [0.3, 0.4) is 0 Å². The molecule has 0 aliphatic carbocycles. The van der Waals surface area contributed by atoms with Crippen LogP contribution in [0.1, 0.15) is 18.4 Å². The van der Waals surface area contributed by atoms with Crippen LogP contribution in [0.25, 0.3) is 0 Å². The zero-order chi connectivity index (χ0) is 18.3. The predicted octanol–water partition coefficient (Wildman–Crippen LogP) is 1.92. The normalized spacial score (nSPS) is 15.5. The lowest BCUT2D eigenvalue weighted by Gasteiger charge is -2.35. The Kier molecular flexibility index (Phi) is 8.84. The highest BCUT2D eigenvalue weighted by atomic mass is 35.5. The number of ether oxygens (including phenoxy) is 3. The van der Waals surface area contributed by atoms with Crippen LogP contribution < -0.4 is 15.4 Å². The lowest BCUT2D eigenvalue weighted by atomic mass is 9.78. The summed E-state index contributed by atoms with van der Waals surface area (Å²) < 4.78 is 15.2. The molecule has 2 rings (SSSR count). The molecule has 8 heteroatoms. The maximum Gasteiger partial charge on any atom is 0.343 e. The fourth-order valence-electron chi connectivity index (χ4n) is 2.94. The zero-order valence-corrected chi connectivity index (χ0v) is 16.2. The number of anilines is 1. The summed E-state index contributed by atoms with van der Waals surface area (Å²) in [6, 6.07) is 5.28. The SMILES string of the molecule is COCC1(C(=O)Nc2ccc(OCC(=O)OC)cc2C)CCNCC1.Cl. The van der Waals surface area contributed by atoms with Crippen molar-refractivity contribution in [2.24, 2.45) is 5.41 Å². The summed E-state index contributed by atoms with van der Waals surface area (Å²) >= 11 is 0. The molecule has 1 amide bonds. The van der Waals surface area contributed by atoms with Crippen molar-refractivity contribution in [2.75, 3.05) is 45.8 Å². The topological polar surface area (TPSA) is 85.9 Å². The first-order chi connectivity index (χ1) is 12.0. The van der Waals surface area contributed by atoms with Crippen LogP contribution in [0.2, 0.25) is 0 Å². The van der Waals surface area contributed by atoms with Crippen molar-refractivity contribution >= 4 is 30.0 Å². The molecule has 0 atom stereocenters. The standard InChI is InChI=1S/C18H26N2O5.ClH/c1-13-10-14(25-11-16(21)24-3)4-5-15(13)20-17(22)18(12-23-2)6-8-19-9-7-18;/h4-5,10,19H,6-9,11-12H2,1-3H3,(H,20,22);1H. The summed E-state index contributed by atoms with van der Waals surface area (Å²) in [5.74, 6) is 0.0824. The number of piperidine rings is 1. The Morgan fingerprint density at radius 2 is 1.92 bits per heavy atom. The molecule has 0 aromatic heterocycles. The number of methoxy groups -OCH3 is 2.